The number of benzene rings is 1. The largest absolute Gasteiger partial charge is 0.461 e. The molecule has 4 rings (SSSR count). The van der Waals surface area contributed by atoms with Gasteiger partial charge in [-0.3, -0.25) is 9.98 Å². The molecule has 0 amide bonds. The molecule has 0 aliphatic carbocycles. The van der Waals surface area contributed by atoms with Crippen molar-refractivity contribution in [1.82, 2.24) is 10.3 Å². The van der Waals surface area contributed by atoms with E-state index in [2.05, 4.69) is 27.4 Å². The lowest BCUT2D eigenvalue weighted by atomic mass is 9.95. The van der Waals surface area contributed by atoms with Crippen molar-refractivity contribution in [2.24, 2.45) is 4.99 Å². The molecule has 1 aromatic heterocycles. The number of allylic oxidation sites excluding steroid dienone is 1. The molecule has 25 heavy (non-hydrogen) atoms. The monoisotopic (exact) mass is 333 g/mol. The van der Waals surface area contributed by atoms with Gasteiger partial charge in [0.15, 0.2) is 5.76 Å². The summed E-state index contributed by atoms with van der Waals surface area (Å²) in [4.78, 5) is 9.19. The zero-order valence-corrected chi connectivity index (χ0v) is 13.8. The summed E-state index contributed by atoms with van der Waals surface area (Å²) in [6.07, 6.45) is 4.20. The number of hydrogen-bond donors (Lipinski definition) is 1. The van der Waals surface area contributed by atoms with Gasteiger partial charge in [-0.05, 0) is 23.3 Å². The van der Waals surface area contributed by atoms with E-state index in [0.29, 0.717) is 5.76 Å². The van der Waals surface area contributed by atoms with Gasteiger partial charge in [-0.2, -0.15) is 0 Å². The van der Waals surface area contributed by atoms with Crippen LogP contribution in [0.1, 0.15) is 11.3 Å². The fraction of sp³-hybridized carbons (Fsp3) is 0.200. The van der Waals surface area contributed by atoms with Crippen LogP contribution in [0.4, 0.5) is 0 Å². The maximum absolute atomic E-state index is 5.70. The van der Waals surface area contributed by atoms with Crippen LogP contribution in [-0.2, 0) is 15.9 Å². The van der Waals surface area contributed by atoms with Gasteiger partial charge in [-0.1, -0.05) is 36.4 Å². The smallest absolute Gasteiger partial charge is 0.230 e. The highest BCUT2D eigenvalue weighted by molar-refractivity contribution is 6.09. The Morgan fingerprint density at radius 2 is 1.96 bits per heavy atom. The molecule has 5 nitrogen and oxygen atoms in total. The van der Waals surface area contributed by atoms with E-state index in [0.717, 1.165) is 42.2 Å². The van der Waals surface area contributed by atoms with Crippen LogP contribution in [0.2, 0.25) is 0 Å². The first kappa shape index (κ1) is 15.4. The highest BCUT2D eigenvalue weighted by Gasteiger charge is 2.25. The molecule has 126 valence electrons. The van der Waals surface area contributed by atoms with Gasteiger partial charge in [-0.25, -0.2) is 0 Å². The molecule has 2 aromatic rings. The molecule has 0 unspecified atom stereocenters. The molecule has 0 bridgehead atoms. The van der Waals surface area contributed by atoms with Crippen LogP contribution in [-0.4, -0.2) is 30.7 Å². The van der Waals surface area contributed by atoms with Gasteiger partial charge < -0.3 is 14.8 Å². The molecule has 0 saturated heterocycles. The molecule has 2 aliphatic rings. The molecule has 3 heterocycles. The van der Waals surface area contributed by atoms with Crippen LogP contribution in [0.25, 0.3) is 5.57 Å². The van der Waals surface area contributed by atoms with Crippen molar-refractivity contribution in [3.8, 4) is 0 Å². The van der Waals surface area contributed by atoms with Crippen molar-refractivity contribution in [1.29, 1.82) is 0 Å². The van der Waals surface area contributed by atoms with Gasteiger partial charge in [0.1, 0.15) is 12.1 Å². The molecule has 0 saturated carbocycles. The van der Waals surface area contributed by atoms with Gasteiger partial charge >= 0.3 is 0 Å². The van der Waals surface area contributed by atoms with Gasteiger partial charge in [0, 0.05) is 19.2 Å². The van der Waals surface area contributed by atoms with Crippen LogP contribution < -0.4 is 5.32 Å². The van der Waals surface area contributed by atoms with Crippen LogP contribution in [0.15, 0.2) is 77.3 Å². The SMILES string of the molecule is C1=C(C(C2=NCCN2)=C(Cc2ccccc2)c2ccccn2)OCO1. The molecule has 2 aliphatic heterocycles. The average Bonchev–Trinajstić information content (AvgIpc) is 3.37. The van der Waals surface area contributed by atoms with E-state index in [4.69, 9.17) is 9.47 Å². The molecule has 0 atom stereocenters. The summed E-state index contributed by atoms with van der Waals surface area (Å²) in [6.45, 7) is 1.81. The third kappa shape index (κ3) is 3.40. The highest BCUT2D eigenvalue weighted by atomic mass is 16.7. The predicted octanol–water partition coefficient (Wildman–Crippen LogP) is 2.93. The van der Waals surface area contributed by atoms with Crippen molar-refractivity contribution in [3.05, 3.63) is 83.6 Å². The minimum absolute atomic E-state index is 0.229. The van der Waals surface area contributed by atoms with Crippen LogP contribution in [0.5, 0.6) is 0 Å². The molecular formula is C20H19N3O2. The summed E-state index contributed by atoms with van der Waals surface area (Å²) in [7, 11) is 0. The van der Waals surface area contributed by atoms with E-state index in [1.54, 1.807) is 6.26 Å². The number of aromatic nitrogens is 1. The van der Waals surface area contributed by atoms with Crippen molar-refractivity contribution in [2.75, 3.05) is 19.9 Å². The van der Waals surface area contributed by atoms with Crippen molar-refractivity contribution >= 4 is 11.4 Å². The number of hydrogen-bond acceptors (Lipinski definition) is 5. The van der Waals surface area contributed by atoms with Crippen LogP contribution in [0, 0.1) is 0 Å². The number of pyridine rings is 1. The Hall–Kier alpha value is -3.08. The Kier molecular flexibility index (Phi) is 4.46. The van der Waals surface area contributed by atoms with Gasteiger partial charge in [0.25, 0.3) is 0 Å². The number of rotatable bonds is 5. The third-order valence-electron chi connectivity index (χ3n) is 4.13. The van der Waals surface area contributed by atoms with Crippen molar-refractivity contribution in [3.63, 3.8) is 0 Å². The number of nitrogens with zero attached hydrogens (tertiary/aromatic N) is 2. The first-order chi connectivity index (χ1) is 12.4. The summed E-state index contributed by atoms with van der Waals surface area (Å²) in [5.41, 5.74) is 4.11. The highest BCUT2D eigenvalue weighted by Crippen LogP contribution is 2.30. The maximum Gasteiger partial charge on any atom is 0.230 e. The molecular weight excluding hydrogens is 314 g/mol. The third-order valence-corrected chi connectivity index (χ3v) is 4.13. The summed E-state index contributed by atoms with van der Waals surface area (Å²) >= 11 is 0. The second kappa shape index (κ2) is 7.21. The number of ether oxygens (including phenoxy) is 2. The lowest BCUT2D eigenvalue weighted by molar-refractivity contribution is 0.0838. The van der Waals surface area contributed by atoms with Crippen LogP contribution >= 0.6 is 0 Å². The fourth-order valence-corrected chi connectivity index (χ4v) is 2.99. The Bertz CT molecular complexity index is 801. The number of aliphatic imine (C=N–C) groups is 1. The van der Waals surface area contributed by atoms with E-state index >= 15 is 0 Å². The normalized spacial score (nSPS) is 17.0. The van der Waals surface area contributed by atoms with Gasteiger partial charge in [-0.15, -0.1) is 0 Å². The first-order valence-corrected chi connectivity index (χ1v) is 8.34. The Morgan fingerprint density at radius 3 is 2.64 bits per heavy atom. The molecule has 5 heteroatoms. The van der Waals surface area contributed by atoms with E-state index in [-0.39, 0.29) is 6.79 Å². The van der Waals surface area contributed by atoms with E-state index in [1.807, 2.05) is 42.6 Å². The maximum atomic E-state index is 5.70. The lowest BCUT2D eigenvalue weighted by Crippen LogP contribution is -2.23. The van der Waals surface area contributed by atoms with Crippen molar-refractivity contribution < 1.29 is 9.47 Å². The van der Waals surface area contributed by atoms with E-state index in [1.165, 1.54) is 5.56 Å². The standard InChI is InChI=1S/C20H19N3O2/c1-2-6-15(7-3-1)12-16(17-8-4-5-9-21-17)19(18-13-24-14-25-18)20-22-10-11-23-20/h1-9,13H,10-12,14H2,(H,22,23). The molecule has 1 aromatic carbocycles. The minimum Gasteiger partial charge on any atom is -0.461 e. The van der Waals surface area contributed by atoms with E-state index in [9.17, 15) is 0 Å². The van der Waals surface area contributed by atoms with Crippen molar-refractivity contribution in [2.45, 2.75) is 6.42 Å². The summed E-state index contributed by atoms with van der Waals surface area (Å²) in [5.74, 6) is 1.54. The second-order valence-corrected chi connectivity index (χ2v) is 5.80. The van der Waals surface area contributed by atoms with Crippen LogP contribution in [0.3, 0.4) is 0 Å². The zero-order chi connectivity index (χ0) is 16.9. The Balaban J connectivity index is 1.87. The molecule has 0 fully saturated rings. The molecule has 0 spiro atoms. The summed E-state index contributed by atoms with van der Waals surface area (Å²) < 4.78 is 11.0. The number of nitrogens with one attached hydrogen (secondary N) is 1. The second-order valence-electron chi connectivity index (χ2n) is 5.80. The van der Waals surface area contributed by atoms with Gasteiger partial charge in [0.2, 0.25) is 6.79 Å². The molecule has 0 radical (unpaired) electrons. The summed E-state index contributed by atoms with van der Waals surface area (Å²) in [5, 5.41) is 3.36. The minimum atomic E-state index is 0.229. The van der Waals surface area contributed by atoms with E-state index < -0.39 is 0 Å². The number of amidine groups is 1. The predicted molar refractivity (Wildman–Crippen MR) is 96.7 cm³/mol. The fourth-order valence-electron chi connectivity index (χ4n) is 2.99. The van der Waals surface area contributed by atoms with Gasteiger partial charge in [0.05, 0.1) is 17.8 Å². The topological polar surface area (TPSA) is 55.7 Å². The average molecular weight is 333 g/mol. The summed E-state index contributed by atoms with van der Waals surface area (Å²) in [6, 6.07) is 16.3. The zero-order valence-electron chi connectivity index (χ0n) is 13.8. The molecule has 1 N–H and O–H groups in total. The first-order valence-electron chi connectivity index (χ1n) is 8.34. The lowest BCUT2D eigenvalue weighted by Gasteiger charge is -2.16. The Morgan fingerprint density at radius 1 is 1.08 bits per heavy atom. The quantitative estimate of drug-likeness (QED) is 0.914. The Labute approximate surface area is 146 Å².